The lowest BCUT2D eigenvalue weighted by atomic mass is 10.0. The Morgan fingerprint density at radius 2 is 2.28 bits per heavy atom. The molecule has 1 heterocycles. The zero-order valence-electron chi connectivity index (χ0n) is 11.0. The van der Waals surface area contributed by atoms with E-state index in [-0.39, 0.29) is 11.8 Å². The van der Waals surface area contributed by atoms with Crippen LogP contribution in [0, 0.1) is 12.8 Å². The summed E-state index contributed by atoms with van der Waals surface area (Å²) in [7, 11) is 1.68. The van der Waals surface area contributed by atoms with E-state index in [0.717, 1.165) is 30.8 Å². The van der Waals surface area contributed by atoms with E-state index >= 15 is 0 Å². The van der Waals surface area contributed by atoms with Gasteiger partial charge in [0, 0.05) is 19.6 Å². The van der Waals surface area contributed by atoms with Gasteiger partial charge in [0.1, 0.15) is 5.75 Å². The van der Waals surface area contributed by atoms with Crippen molar-refractivity contribution >= 4 is 5.91 Å². The molecule has 0 bridgehead atoms. The predicted molar refractivity (Wildman–Crippen MR) is 70.8 cm³/mol. The molecule has 4 heteroatoms. The first-order valence-corrected chi connectivity index (χ1v) is 6.32. The van der Waals surface area contributed by atoms with Crippen molar-refractivity contribution in [3.05, 3.63) is 29.3 Å². The van der Waals surface area contributed by atoms with E-state index in [1.165, 1.54) is 5.56 Å². The van der Waals surface area contributed by atoms with Gasteiger partial charge in [0.25, 0.3) is 0 Å². The Kier molecular flexibility index (Phi) is 4.20. The number of ether oxygens (including phenoxy) is 1. The third kappa shape index (κ3) is 3.01. The molecule has 0 aliphatic carbocycles. The minimum atomic E-state index is 0.160. The quantitative estimate of drug-likeness (QED) is 0.813. The number of carbonyl (C=O) groups is 1. The van der Waals surface area contributed by atoms with Crippen LogP contribution >= 0.6 is 0 Å². The van der Waals surface area contributed by atoms with Gasteiger partial charge in [0.05, 0.1) is 13.0 Å². The summed E-state index contributed by atoms with van der Waals surface area (Å²) in [6.45, 7) is 4.32. The molecule has 1 aliphatic rings. The Morgan fingerprint density at radius 1 is 1.50 bits per heavy atom. The van der Waals surface area contributed by atoms with Crippen LogP contribution in [-0.2, 0) is 11.2 Å². The highest BCUT2D eigenvalue weighted by Crippen LogP contribution is 2.19. The maximum Gasteiger partial charge on any atom is 0.225 e. The molecule has 0 saturated carbocycles. The summed E-state index contributed by atoms with van der Waals surface area (Å²) in [5, 5.41) is 6.06. The van der Waals surface area contributed by atoms with E-state index < -0.39 is 0 Å². The second-order valence-electron chi connectivity index (χ2n) is 4.70. The topological polar surface area (TPSA) is 50.4 Å². The summed E-state index contributed by atoms with van der Waals surface area (Å²) in [5.74, 6) is 1.23. The van der Waals surface area contributed by atoms with Crippen LogP contribution in [0.2, 0.25) is 0 Å². The van der Waals surface area contributed by atoms with Gasteiger partial charge in [-0.05, 0) is 30.5 Å². The number of benzene rings is 1. The van der Waals surface area contributed by atoms with E-state index in [2.05, 4.69) is 16.7 Å². The number of hydrogen-bond acceptors (Lipinski definition) is 3. The van der Waals surface area contributed by atoms with Crippen molar-refractivity contribution < 1.29 is 9.53 Å². The molecule has 0 spiro atoms. The first-order chi connectivity index (χ1) is 8.70. The third-order valence-electron chi connectivity index (χ3n) is 3.34. The highest BCUT2D eigenvalue weighted by molar-refractivity contribution is 5.79. The average Bonchev–Trinajstić information content (AvgIpc) is 2.29. The lowest BCUT2D eigenvalue weighted by Crippen LogP contribution is -2.51. The summed E-state index contributed by atoms with van der Waals surface area (Å²) in [4.78, 5) is 11.6. The number of amides is 1. The molecule has 1 aromatic carbocycles. The largest absolute Gasteiger partial charge is 0.496 e. The average molecular weight is 248 g/mol. The SMILES string of the molecule is COc1cc(CCNC(=O)C2CNC2)ccc1C. The van der Waals surface area contributed by atoms with Crippen LogP contribution in [0.25, 0.3) is 0 Å². The van der Waals surface area contributed by atoms with Gasteiger partial charge in [0.15, 0.2) is 0 Å². The molecule has 2 rings (SSSR count). The van der Waals surface area contributed by atoms with Gasteiger partial charge < -0.3 is 15.4 Å². The summed E-state index contributed by atoms with van der Waals surface area (Å²) in [6, 6.07) is 6.16. The van der Waals surface area contributed by atoms with Crippen molar-refractivity contribution in [1.29, 1.82) is 0 Å². The van der Waals surface area contributed by atoms with Gasteiger partial charge in [-0.1, -0.05) is 12.1 Å². The van der Waals surface area contributed by atoms with Crippen molar-refractivity contribution in [3.63, 3.8) is 0 Å². The maximum atomic E-state index is 11.6. The number of aryl methyl sites for hydroxylation is 1. The van der Waals surface area contributed by atoms with Gasteiger partial charge in [-0.3, -0.25) is 4.79 Å². The van der Waals surface area contributed by atoms with Crippen LogP contribution < -0.4 is 15.4 Å². The van der Waals surface area contributed by atoms with Crippen molar-refractivity contribution in [1.82, 2.24) is 10.6 Å². The molecule has 0 radical (unpaired) electrons. The van der Waals surface area contributed by atoms with Crippen LogP contribution in [0.15, 0.2) is 18.2 Å². The number of rotatable bonds is 5. The van der Waals surface area contributed by atoms with Gasteiger partial charge in [-0.15, -0.1) is 0 Å². The second kappa shape index (κ2) is 5.87. The van der Waals surface area contributed by atoms with E-state index in [9.17, 15) is 4.79 Å². The van der Waals surface area contributed by atoms with Crippen molar-refractivity contribution in [2.45, 2.75) is 13.3 Å². The van der Waals surface area contributed by atoms with Crippen LogP contribution in [0.3, 0.4) is 0 Å². The molecular formula is C14H20N2O2. The summed E-state index contributed by atoms with van der Waals surface area (Å²) in [5.41, 5.74) is 2.32. The monoisotopic (exact) mass is 248 g/mol. The van der Waals surface area contributed by atoms with Crippen molar-refractivity contribution in [2.24, 2.45) is 5.92 Å². The van der Waals surface area contributed by atoms with E-state index in [4.69, 9.17) is 4.74 Å². The highest BCUT2D eigenvalue weighted by Gasteiger charge is 2.24. The molecule has 98 valence electrons. The number of methoxy groups -OCH3 is 1. The molecule has 4 nitrogen and oxygen atoms in total. The minimum absolute atomic E-state index is 0.160. The number of carbonyl (C=O) groups excluding carboxylic acids is 1. The Hall–Kier alpha value is -1.55. The molecule has 1 aromatic rings. The Bertz CT molecular complexity index is 428. The molecule has 1 amide bonds. The molecule has 1 aliphatic heterocycles. The second-order valence-corrected chi connectivity index (χ2v) is 4.70. The number of nitrogens with one attached hydrogen (secondary N) is 2. The molecule has 1 fully saturated rings. The fourth-order valence-electron chi connectivity index (χ4n) is 1.97. The third-order valence-corrected chi connectivity index (χ3v) is 3.34. The molecular weight excluding hydrogens is 228 g/mol. The van der Waals surface area contributed by atoms with Gasteiger partial charge >= 0.3 is 0 Å². The fourth-order valence-corrected chi connectivity index (χ4v) is 1.97. The summed E-state index contributed by atoms with van der Waals surface area (Å²) < 4.78 is 5.28. The first-order valence-electron chi connectivity index (χ1n) is 6.32. The van der Waals surface area contributed by atoms with E-state index in [0.29, 0.717) is 6.54 Å². The van der Waals surface area contributed by atoms with Gasteiger partial charge in [0.2, 0.25) is 5.91 Å². The van der Waals surface area contributed by atoms with Crippen molar-refractivity contribution in [2.75, 3.05) is 26.7 Å². The minimum Gasteiger partial charge on any atom is -0.496 e. The molecule has 0 aromatic heterocycles. The normalized spacial score (nSPS) is 15.0. The van der Waals surface area contributed by atoms with Gasteiger partial charge in [-0.25, -0.2) is 0 Å². The summed E-state index contributed by atoms with van der Waals surface area (Å²) >= 11 is 0. The van der Waals surface area contributed by atoms with Crippen LogP contribution in [0.4, 0.5) is 0 Å². The van der Waals surface area contributed by atoms with Crippen LogP contribution in [0.5, 0.6) is 5.75 Å². The Morgan fingerprint density at radius 3 is 2.89 bits per heavy atom. The molecule has 1 saturated heterocycles. The van der Waals surface area contributed by atoms with E-state index in [1.807, 2.05) is 19.1 Å². The fraction of sp³-hybridized carbons (Fsp3) is 0.500. The predicted octanol–water partition coefficient (Wildman–Crippen LogP) is 0.882. The standard InChI is InChI=1S/C14H20N2O2/c1-10-3-4-11(7-13(10)18-2)5-6-16-14(17)12-8-15-9-12/h3-4,7,12,15H,5-6,8-9H2,1-2H3,(H,16,17). The summed E-state index contributed by atoms with van der Waals surface area (Å²) in [6.07, 6.45) is 0.836. The van der Waals surface area contributed by atoms with Crippen LogP contribution in [-0.4, -0.2) is 32.7 Å². The Labute approximate surface area is 108 Å². The smallest absolute Gasteiger partial charge is 0.225 e. The number of hydrogen-bond donors (Lipinski definition) is 2. The van der Waals surface area contributed by atoms with Crippen molar-refractivity contribution in [3.8, 4) is 5.75 Å². The maximum absolute atomic E-state index is 11.6. The lowest BCUT2D eigenvalue weighted by Gasteiger charge is -2.25. The molecule has 0 atom stereocenters. The first kappa shape index (κ1) is 12.9. The molecule has 0 unspecified atom stereocenters. The zero-order chi connectivity index (χ0) is 13.0. The zero-order valence-corrected chi connectivity index (χ0v) is 11.0. The Balaban J connectivity index is 1.80. The van der Waals surface area contributed by atoms with Crippen LogP contribution in [0.1, 0.15) is 11.1 Å². The lowest BCUT2D eigenvalue weighted by molar-refractivity contribution is -0.126. The molecule has 18 heavy (non-hydrogen) atoms. The highest BCUT2D eigenvalue weighted by atomic mass is 16.5. The molecule has 2 N–H and O–H groups in total. The van der Waals surface area contributed by atoms with E-state index in [1.54, 1.807) is 7.11 Å². The van der Waals surface area contributed by atoms with Gasteiger partial charge in [-0.2, -0.15) is 0 Å².